The van der Waals surface area contributed by atoms with Crippen molar-refractivity contribution in [2.75, 3.05) is 5.88 Å². The van der Waals surface area contributed by atoms with Gasteiger partial charge in [0.15, 0.2) is 0 Å². The van der Waals surface area contributed by atoms with Crippen LogP contribution in [0.15, 0.2) is 18.2 Å². The zero-order chi connectivity index (χ0) is 11.1. The lowest BCUT2D eigenvalue weighted by atomic mass is 10.3. The summed E-state index contributed by atoms with van der Waals surface area (Å²) in [4.78, 5) is 4.62. The normalized spacial score (nSPS) is 15.9. The Morgan fingerprint density at radius 3 is 2.88 bits per heavy atom. The first-order valence-corrected chi connectivity index (χ1v) is 6.43. The van der Waals surface area contributed by atoms with E-state index >= 15 is 0 Å². The van der Waals surface area contributed by atoms with Crippen molar-refractivity contribution >= 4 is 34.2 Å². The molecule has 1 fully saturated rings. The molecule has 0 spiro atoms. The SMILES string of the molecule is ClCCc1nc2ccc(Cl)cc2n1C1CC1. The first-order chi connectivity index (χ1) is 7.79. The number of fused-ring (bicyclic) bond motifs is 1. The number of rotatable bonds is 3. The molecule has 1 saturated carbocycles. The highest BCUT2D eigenvalue weighted by molar-refractivity contribution is 6.31. The number of imidazole rings is 1. The summed E-state index contributed by atoms with van der Waals surface area (Å²) in [5.41, 5.74) is 2.17. The number of aromatic nitrogens is 2. The molecule has 1 aliphatic carbocycles. The van der Waals surface area contributed by atoms with E-state index in [-0.39, 0.29) is 0 Å². The van der Waals surface area contributed by atoms with Crippen LogP contribution in [0.2, 0.25) is 5.02 Å². The number of hydrogen-bond acceptors (Lipinski definition) is 1. The van der Waals surface area contributed by atoms with Crippen LogP contribution >= 0.6 is 23.2 Å². The molecule has 3 rings (SSSR count). The molecule has 0 saturated heterocycles. The average Bonchev–Trinajstić information content (AvgIpc) is 3.02. The summed E-state index contributed by atoms with van der Waals surface area (Å²) in [6.07, 6.45) is 3.31. The maximum absolute atomic E-state index is 6.03. The largest absolute Gasteiger partial charge is 0.325 e. The predicted octanol–water partition coefficient (Wildman–Crippen LogP) is 3.81. The van der Waals surface area contributed by atoms with Gasteiger partial charge in [0, 0.05) is 23.4 Å². The van der Waals surface area contributed by atoms with Crippen LogP contribution in [0.3, 0.4) is 0 Å². The zero-order valence-electron chi connectivity index (χ0n) is 8.79. The van der Waals surface area contributed by atoms with E-state index in [1.54, 1.807) is 0 Å². The highest BCUT2D eigenvalue weighted by Gasteiger charge is 2.27. The average molecular weight is 255 g/mol. The molecular formula is C12H12Cl2N2. The van der Waals surface area contributed by atoms with E-state index in [1.807, 2.05) is 18.2 Å². The number of aryl methyl sites for hydroxylation is 1. The first kappa shape index (κ1) is 10.4. The van der Waals surface area contributed by atoms with Crippen LogP contribution in [0.5, 0.6) is 0 Å². The van der Waals surface area contributed by atoms with Crippen LogP contribution in [-0.4, -0.2) is 15.4 Å². The maximum atomic E-state index is 6.03. The third-order valence-electron chi connectivity index (χ3n) is 2.95. The molecule has 4 heteroatoms. The van der Waals surface area contributed by atoms with Gasteiger partial charge >= 0.3 is 0 Å². The molecular weight excluding hydrogens is 243 g/mol. The van der Waals surface area contributed by atoms with Crippen LogP contribution in [0.4, 0.5) is 0 Å². The van der Waals surface area contributed by atoms with Crippen LogP contribution in [-0.2, 0) is 6.42 Å². The number of benzene rings is 1. The van der Waals surface area contributed by atoms with Gasteiger partial charge in [0.1, 0.15) is 5.82 Å². The van der Waals surface area contributed by atoms with Gasteiger partial charge in [0.05, 0.1) is 11.0 Å². The minimum Gasteiger partial charge on any atom is -0.325 e. The lowest BCUT2D eigenvalue weighted by Crippen LogP contribution is -2.02. The Hall–Kier alpha value is -0.730. The number of nitrogens with zero attached hydrogens (tertiary/aromatic N) is 2. The molecule has 84 valence electrons. The number of hydrogen-bond donors (Lipinski definition) is 0. The monoisotopic (exact) mass is 254 g/mol. The molecule has 1 aromatic carbocycles. The highest BCUT2D eigenvalue weighted by atomic mass is 35.5. The second-order valence-electron chi connectivity index (χ2n) is 4.20. The van der Waals surface area contributed by atoms with Gasteiger partial charge in [-0.25, -0.2) is 4.98 Å². The fourth-order valence-corrected chi connectivity index (χ4v) is 2.45. The molecule has 2 nitrogen and oxygen atoms in total. The second kappa shape index (κ2) is 3.94. The van der Waals surface area contributed by atoms with E-state index in [2.05, 4.69) is 9.55 Å². The zero-order valence-corrected chi connectivity index (χ0v) is 10.3. The molecule has 0 unspecified atom stereocenters. The summed E-state index contributed by atoms with van der Waals surface area (Å²) < 4.78 is 2.31. The third-order valence-corrected chi connectivity index (χ3v) is 3.38. The van der Waals surface area contributed by atoms with E-state index in [1.165, 1.54) is 12.8 Å². The quantitative estimate of drug-likeness (QED) is 0.762. The maximum Gasteiger partial charge on any atom is 0.111 e. The summed E-state index contributed by atoms with van der Waals surface area (Å²) in [6, 6.07) is 6.48. The molecule has 2 aromatic rings. The van der Waals surface area contributed by atoms with Crippen LogP contribution < -0.4 is 0 Å². The predicted molar refractivity (Wildman–Crippen MR) is 67.4 cm³/mol. The molecule has 0 N–H and O–H groups in total. The van der Waals surface area contributed by atoms with Crippen molar-refractivity contribution in [3.63, 3.8) is 0 Å². The van der Waals surface area contributed by atoms with Crippen molar-refractivity contribution in [1.82, 2.24) is 9.55 Å². The van der Waals surface area contributed by atoms with Crippen LogP contribution in [0.25, 0.3) is 11.0 Å². The molecule has 1 heterocycles. The van der Waals surface area contributed by atoms with Gasteiger partial charge in [-0.1, -0.05) is 11.6 Å². The van der Waals surface area contributed by atoms with Crippen molar-refractivity contribution < 1.29 is 0 Å². The van der Waals surface area contributed by atoms with Gasteiger partial charge < -0.3 is 4.57 Å². The Morgan fingerprint density at radius 2 is 2.19 bits per heavy atom. The van der Waals surface area contributed by atoms with Crippen LogP contribution in [0.1, 0.15) is 24.7 Å². The van der Waals surface area contributed by atoms with E-state index in [0.717, 1.165) is 28.3 Å². The second-order valence-corrected chi connectivity index (χ2v) is 5.02. The van der Waals surface area contributed by atoms with E-state index < -0.39 is 0 Å². The van der Waals surface area contributed by atoms with E-state index in [9.17, 15) is 0 Å². The number of halogens is 2. The fraction of sp³-hybridized carbons (Fsp3) is 0.417. The summed E-state index contributed by atoms with van der Waals surface area (Å²) in [5.74, 6) is 1.71. The molecule has 16 heavy (non-hydrogen) atoms. The topological polar surface area (TPSA) is 17.8 Å². The molecule has 0 aliphatic heterocycles. The standard InChI is InChI=1S/C12H12Cl2N2/c13-6-5-12-15-10-4-1-8(14)7-11(10)16(12)9-2-3-9/h1,4,7,9H,2-3,5-6H2. The van der Waals surface area contributed by atoms with Gasteiger partial charge in [0.25, 0.3) is 0 Å². The van der Waals surface area contributed by atoms with E-state index in [0.29, 0.717) is 11.9 Å². The Labute approximate surface area is 104 Å². The molecule has 0 radical (unpaired) electrons. The van der Waals surface area contributed by atoms with Crippen molar-refractivity contribution in [3.8, 4) is 0 Å². The summed E-state index contributed by atoms with van der Waals surface area (Å²) in [6.45, 7) is 0. The van der Waals surface area contributed by atoms with Crippen molar-refractivity contribution in [2.45, 2.75) is 25.3 Å². The summed E-state index contributed by atoms with van der Waals surface area (Å²) in [7, 11) is 0. The van der Waals surface area contributed by atoms with Gasteiger partial charge in [-0.2, -0.15) is 0 Å². The van der Waals surface area contributed by atoms with Gasteiger partial charge in [-0.05, 0) is 31.0 Å². The lowest BCUT2D eigenvalue weighted by Gasteiger charge is -2.05. The van der Waals surface area contributed by atoms with Gasteiger partial charge in [-0.15, -0.1) is 11.6 Å². The molecule has 0 bridgehead atoms. The first-order valence-electron chi connectivity index (χ1n) is 5.52. The Bertz CT molecular complexity index is 529. The molecule has 0 amide bonds. The summed E-state index contributed by atoms with van der Waals surface area (Å²) >= 11 is 11.8. The van der Waals surface area contributed by atoms with Crippen molar-refractivity contribution in [1.29, 1.82) is 0 Å². The Balaban J connectivity index is 2.21. The highest BCUT2D eigenvalue weighted by Crippen LogP contribution is 2.39. The fourth-order valence-electron chi connectivity index (χ4n) is 2.12. The van der Waals surface area contributed by atoms with Gasteiger partial charge in [0.2, 0.25) is 0 Å². The Kier molecular flexibility index (Phi) is 2.56. The smallest absolute Gasteiger partial charge is 0.111 e. The minimum atomic E-state index is 0.613. The summed E-state index contributed by atoms with van der Waals surface area (Å²) in [5, 5.41) is 0.770. The number of alkyl halides is 1. The van der Waals surface area contributed by atoms with Gasteiger partial charge in [-0.3, -0.25) is 0 Å². The molecule has 1 aromatic heterocycles. The third kappa shape index (κ3) is 1.70. The molecule has 1 aliphatic rings. The lowest BCUT2D eigenvalue weighted by molar-refractivity contribution is 0.710. The van der Waals surface area contributed by atoms with Crippen molar-refractivity contribution in [3.05, 3.63) is 29.0 Å². The van der Waals surface area contributed by atoms with Crippen LogP contribution in [0, 0.1) is 0 Å². The molecule has 0 atom stereocenters. The Morgan fingerprint density at radius 1 is 1.38 bits per heavy atom. The van der Waals surface area contributed by atoms with Crippen molar-refractivity contribution in [2.24, 2.45) is 0 Å². The minimum absolute atomic E-state index is 0.613. The van der Waals surface area contributed by atoms with E-state index in [4.69, 9.17) is 23.2 Å².